The van der Waals surface area contributed by atoms with Crippen LogP contribution in [0.1, 0.15) is 46.0 Å². The van der Waals surface area contributed by atoms with Crippen molar-refractivity contribution in [1.29, 1.82) is 0 Å². The summed E-state index contributed by atoms with van der Waals surface area (Å²) in [6.07, 6.45) is 4.65. The van der Waals surface area contributed by atoms with E-state index in [0.29, 0.717) is 12.1 Å². The first kappa shape index (κ1) is 13.3. The van der Waals surface area contributed by atoms with Gasteiger partial charge in [0.05, 0.1) is 12.1 Å². The van der Waals surface area contributed by atoms with Crippen LogP contribution in [0.5, 0.6) is 0 Å². The van der Waals surface area contributed by atoms with E-state index < -0.39 is 0 Å². The highest BCUT2D eigenvalue weighted by Gasteiger charge is 2.40. The predicted molar refractivity (Wildman–Crippen MR) is 65.7 cm³/mol. The molecule has 18 heavy (non-hydrogen) atoms. The SMILES string of the molecule is CC(C)OC(=O)C[C@@H]1[NH2+][C@H]2CCCC[C@@H]2NC1=O. The lowest BCUT2D eigenvalue weighted by Crippen LogP contribution is -3.03. The van der Waals surface area contributed by atoms with Crippen molar-refractivity contribution in [3.8, 4) is 0 Å². The quantitative estimate of drug-likeness (QED) is 0.680. The summed E-state index contributed by atoms with van der Waals surface area (Å²) < 4.78 is 5.10. The molecular formula is C13H23N2O3+. The van der Waals surface area contributed by atoms with Crippen LogP contribution >= 0.6 is 0 Å². The molecule has 0 aromatic rings. The van der Waals surface area contributed by atoms with Gasteiger partial charge >= 0.3 is 5.97 Å². The van der Waals surface area contributed by atoms with Crippen LogP contribution in [0.4, 0.5) is 0 Å². The van der Waals surface area contributed by atoms with Crippen LogP contribution in [0.3, 0.4) is 0 Å². The number of fused-ring (bicyclic) bond motifs is 1. The van der Waals surface area contributed by atoms with E-state index in [1.807, 2.05) is 13.8 Å². The molecule has 0 unspecified atom stereocenters. The molecule has 1 saturated carbocycles. The fraction of sp³-hybridized carbons (Fsp3) is 0.846. The minimum atomic E-state index is -0.310. The van der Waals surface area contributed by atoms with Crippen LogP contribution < -0.4 is 10.6 Å². The van der Waals surface area contributed by atoms with Gasteiger partial charge in [0.25, 0.3) is 5.91 Å². The van der Waals surface area contributed by atoms with Crippen LogP contribution in [0.15, 0.2) is 0 Å². The fourth-order valence-corrected chi connectivity index (χ4v) is 2.90. The number of esters is 1. The van der Waals surface area contributed by atoms with E-state index in [1.54, 1.807) is 0 Å². The Hall–Kier alpha value is -1.10. The Labute approximate surface area is 108 Å². The van der Waals surface area contributed by atoms with Crippen LogP contribution in [0.2, 0.25) is 0 Å². The first-order valence-electron chi connectivity index (χ1n) is 6.91. The molecule has 5 nitrogen and oxygen atoms in total. The normalized spacial score (nSPS) is 31.7. The summed E-state index contributed by atoms with van der Waals surface area (Å²) >= 11 is 0. The van der Waals surface area contributed by atoms with Gasteiger partial charge in [0.15, 0.2) is 6.04 Å². The van der Waals surface area contributed by atoms with E-state index in [-0.39, 0.29) is 30.4 Å². The molecule has 1 heterocycles. The van der Waals surface area contributed by atoms with Gasteiger partial charge in [-0.2, -0.15) is 0 Å². The summed E-state index contributed by atoms with van der Waals surface area (Å²) in [5.74, 6) is -0.297. The van der Waals surface area contributed by atoms with Crippen LogP contribution in [0.25, 0.3) is 0 Å². The number of carbonyl (C=O) groups excluding carboxylic acids is 2. The van der Waals surface area contributed by atoms with Crippen LogP contribution in [-0.4, -0.2) is 36.1 Å². The van der Waals surface area contributed by atoms with Crippen molar-refractivity contribution in [2.24, 2.45) is 0 Å². The highest BCUT2D eigenvalue weighted by molar-refractivity contribution is 5.86. The number of carbonyl (C=O) groups is 2. The van der Waals surface area contributed by atoms with Crippen molar-refractivity contribution in [2.45, 2.75) is 70.2 Å². The van der Waals surface area contributed by atoms with E-state index >= 15 is 0 Å². The number of nitrogens with one attached hydrogen (secondary N) is 1. The first-order valence-corrected chi connectivity index (χ1v) is 6.91. The number of ether oxygens (including phenoxy) is 1. The zero-order valence-corrected chi connectivity index (χ0v) is 11.1. The second-order valence-electron chi connectivity index (χ2n) is 5.61. The van der Waals surface area contributed by atoms with Gasteiger partial charge in [0.1, 0.15) is 12.5 Å². The Morgan fingerprint density at radius 1 is 1.44 bits per heavy atom. The summed E-state index contributed by atoms with van der Waals surface area (Å²) in [4.78, 5) is 23.5. The molecule has 1 saturated heterocycles. The zero-order valence-electron chi connectivity index (χ0n) is 11.1. The van der Waals surface area contributed by atoms with Crippen molar-refractivity contribution in [2.75, 3.05) is 0 Å². The van der Waals surface area contributed by atoms with Crippen molar-refractivity contribution in [3.63, 3.8) is 0 Å². The van der Waals surface area contributed by atoms with E-state index in [0.717, 1.165) is 12.8 Å². The molecule has 2 rings (SSSR count). The second kappa shape index (κ2) is 5.69. The van der Waals surface area contributed by atoms with E-state index in [9.17, 15) is 9.59 Å². The number of piperazine rings is 1. The molecule has 0 aromatic heterocycles. The molecule has 0 aromatic carbocycles. The molecule has 2 aliphatic rings. The molecule has 102 valence electrons. The van der Waals surface area contributed by atoms with E-state index in [1.165, 1.54) is 12.8 Å². The van der Waals surface area contributed by atoms with Gasteiger partial charge in [-0.05, 0) is 26.7 Å². The minimum absolute atomic E-state index is 0.0149. The van der Waals surface area contributed by atoms with E-state index in [4.69, 9.17) is 4.74 Å². The van der Waals surface area contributed by atoms with E-state index in [2.05, 4.69) is 10.6 Å². The summed E-state index contributed by atoms with van der Waals surface area (Å²) in [6, 6.07) is 0.424. The number of hydrogen-bond donors (Lipinski definition) is 2. The number of rotatable bonds is 3. The molecule has 3 N–H and O–H groups in total. The van der Waals surface area contributed by atoms with Crippen LogP contribution in [0, 0.1) is 0 Å². The number of nitrogens with two attached hydrogens (primary N) is 1. The average molecular weight is 255 g/mol. The highest BCUT2D eigenvalue weighted by atomic mass is 16.5. The molecule has 1 amide bonds. The second-order valence-corrected chi connectivity index (χ2v) is 5.61. The Balaban J connectivity index is 1.89. The van der Waals surface area contributed by atoms with Gasteiger partial charge in [0, 0.05) is 6.42 Å². The molecule has 0 spiro atoms. The first-order chi connectivity index (χ1) is 8.56. The Bertz CT molecular complexity index is 330. The minimum Gasteiger partial charge on any atom is -0.463 e. The Kier molecular flexibility index (Phi) is 4.22. The maximum atomic E-state index is 11.9. The van der Waals surface area contributed by atoms with Crippen molar-refractivity contribution in [3.05, 3.63) is 0 Å². The number of quaternary nitrogens is 1. The van der Waals surface area contributed by atoms with Gasteiger partial charge in [0.2, 0.25) is 0 Å². The lowest BCUT2D eigenvalue weighted by Gasteiger charge is -2.37. The smallest absolute Gasteiger partial charge is 0.312 e. The van der Waals surface area contributed by atoms with Crippen LogP contribution in [-0.2, 0) is 14.3 Å². The lowest BCUT2D eigenvalue weighted by atomic mass is 9.87. The monoisotopic (exact) mass is 255 g/mol. The Morgan fingerprint density at radius 3 is 2.89 bits per heavy atom. The third kappa shape index (κ3) is 3.22. The molecule has 0 radical (unpaired) electrons. The molecular weight excluding hydrogens is 232 g/mol. The largest absolute Gasteiger partial charge is 0.463 e. The van der Waals surface area contributed by atoms with Gasteiger partial charge < -0.3 is 15.4 Å². The Morgan fingerprint density at radius 2 is 2.17 bits per heavy atom. The fourth-order valence-electron chi connectivity index (χ4n) is 2.90. The number of amides is 1. The summed E-state index contributed by atoms with van der Waals surface area (Å²) in [7, 11) is 0. The highest BCUT2D eigenvalue weighted by Crippen LogP contribution is 2.18. The topological polar surface area (TPSA) is 72.0 Å². The van der Waals surface area contributed by atoms with Crippen molar-refractivity contribution in [1.82, 2.24) is 5.32 Å². The average Bonchev–Trinajstić information content (AvgIpc) is 2.29. The zero-order chi connectivity index (χ0) is 13.1. The summed E-state index contributed by atoms with van der Waals surface area (Å²) in [5, 5.41) is 5.12. The molecule has 5 heteroatoms. The van der Waals surface area contributed by atoms with Crippen molar-refractivity contribution < 1.29 is 19.6 Å². The molecule has 1 aliphatic carbocycles. The third-order valence-electron chi connectivity index (χ3n) is 3.72. The lowest BCUT2D eigenvalue weighted by molar-refractivity contribution is -0.718. The van der Waals surface area contributed by atoms with Gasteiger partial charge in [-0.15, -0.1) is 0 Å². The molecule has 2 fully saturated rings. The maximum Gasteiger partial charge on any atom is 0.312 e. The van der Waals surface area contributed by atoms with Gasteiger partial charge in [-0.1, -0.05) is 6.42 Å². The maximum absolute atomic E-state index is 11.9. The molecule has 1 aliphatic heterocycles. The van der Waals surface area contributed by atoms with Crippen molar-refractivity contribution >= 4 is 11.9 Å². The molecule has 0 bridgehead atoms. The van der Waals surface area contributed by atoms with Gasteiger partial charge in [-0.25, -0.2) is 0 Å². The summed E-state index contributed by atoms with van der Waals surface area (Å²) in [5.41, 5.74) is 0. The molecule has 3 atom stereocenters. The predicted octanol–water partition coefficient (Wildman–Crippen LogP) is -0.299. The number of hydrogen-bond acceptors (Lipinski definition) is 3. The van der Waals surface area contributed by atoms with Gasteiger partial charge in [-0.3, -0.25) is 9.59 Å². The summed E-state index contributed by atoms with van der Waals surface area (Å²) in [6.45, 7) is 3.64. The standard InChI is InChI=1S/C13H22N2O3/c1-8(2)18-12(16)7-11-13(17)15-10-6-4-3-5-9(10)14-11/h8-11,14H,3-7H2,1-2H3,(H,15,17)/p+1/t9-,10-,11-/m0/s1. The third-order valence-corrected chi connectivity index (χ3v) is 3.72.